The highest BCUT2D eigenvalue weighted by Gasteiger charge is 2.43. The number of nitriles is 1. The third-order valence-corrected chi connectivity index (χ3v) is 7.07. The van der Waals surface area contributed by atoms with Gasteiger partial charge in [-0.05, 0) is 69.8 Å². The molecule has 2 bridgehead atoms. The van der Waals surface area contributed by atoms with Gasteiger partial charge in [0.05, 0.1) is 12.1 Å². The maximum atomic E-state index is 14.8. The van der Waals surface area contributed by atoms with Crippen molar-refractivity contribution in [1.82, 2.24) is 15.5 Å². The van der Waals surface area contributed by atoms with Crippen molar-refractivity contribution in [2.75, 3.05) is 32.1 Å². The van der Waals surface area contributed by atoms with Gasteiger partial charge in [0.2, 0.25) is 5.91 Å². The zero-order valence-corrected chi connectivity index (χ0v) is 17.9. The molecule has 0 aromatic heterocycles. The topological polar surface area (TPSA) is 71.4 Å². The zero-order chi connectivity index (χ0) is 21.3. The first-order chi connectivity index (χ1) is 14.4. The summed E-state index contributed by atoms with van der Waals surface area (Å²) in [6, 6.07) is 7.35. The molecular formula is C23H32FN5O. The largest absolute Gasteiger partial charge is 0.370 e. The van der Waals surface area contributed by atoms with E-state index in [2.05, 4.69) is 40.6 Å². The van der Waals surface area contributed by atoms with Crippen molar-refractivity contribution in [2.45, 2.75) is 62.7 Å². The Morgan fingerprint density at radius 1 is 1.40 bits per heavy atom. The number of likely N-dealkylation sites (N-methyl/N-ethyl adjacent to an activating group) is 1. The minimum absolute atomic E-state index is 0.131. The minimum Gasteiger partial charge on any atom is -0.370 e. The molecule has 1 aromatic carbocycles. The van der Waals surface area contributed by atoms with Crippen LogP contribution in [0, 0.1) is 23.1 Å². The van der Waals surface area contributed by atoms with Gasteiger partial charge < -0.3 is 20.4 Å². The standard InChI is InChI=1S/C23H32FN5O/c1-28(2)20-4-3-9-29(14-20)19-8-6-15(21(24)12-19)10-18(13-25)27-23(30)22-16-5-7-17(11-16)26-22/h6,8,12,16-18,20,22,26H,3-5,7,9-11,14H2,1-2H3,(H,27,30)/t16-,17+,18?,20?,22-/m0/s1. The Morgan fingerprint density at radius 2 is 2.23 bits per heavy atom. The highest BCUT2D eigenvalue weighted by atomic mass is 19.1. The SMILES string of the molecule is CN(C)C1CCCN(c2ccc(CC(C#N)NC(=O)[C@H]3N[C@@H]4CC[C@H]3C4)c(F)c2)C1. The van der Waals surface area contributed by atoms with Crippen LogP contribution in [-0.4, -0.2) is 62.2 Å². The molecule has 3 fully saturated rings. The number of fused-ring (bicyclic) bond motifs is 2. The molecule has 1 aliphatic carbocycles. The molecule has 1 saturated carbocycles. The summed E-state index contributed by atoms with van der Waals surface area (Å²) < 4.78 is 14.8. The third kappa shape index (κ3) is 4.45. The van der Waals surface area contributed by atoms with Gasteiger partial charge in [0.25, 0.3) is 0 Å². The van der Waals surface area contributed by atoms with E-state index < -0.39 is 6.04 Å². The Hall–Kier alpha value is -2.17. The molecule has 0 radical (unpaired) electrons. The Morgan fingerprint density at radius 3 is 2.87 bits per heavy atom. The number of carbonyl (C=O) groups excluding carboxylic acids is 1. The van der Waals surface area contributed by atoms with Crippen molar-refractivity contribution < 1.29 is 9.18 Å². The van der Waals surface area contributed by atoms with Gasteiger partial charge in [0.1, 0.15) is 11.9 Å². The molecule has 4 rings (SSSR count). The van der Waals surface area contributed by atoms with Crippen molar-refractivity contribution in [1.29, 1.82) is 5.26 Å². The fraction of sp³-hybridized carbons (Fsp3) is 0.652. The predicted octanol–water partition coefficient (Wildman–Crippen LogP) is 2.05. The average Bonchev–Trinajstić information content (AvgIpc) is 3.38. The summed E-state index contributed by atoms with van der Waals surface area (Å²) in [4.78, 5) is 17.0. The highest BCUT2D eigenvalue weighted by Crippen LogP contribution is 2.35. The van der Waals surface area contributed by atoms with Crippen molar-refractivity contribution in [3.8, 4) is 6.07 Å². The molecular weight excluding hydrogens is 381 g/mol. The first-order valence-corrected chi connectivity index (χ1v) is 11.1. The van der Waals surface area contributed by atoms with Gasteiger partial charge in [-0.25, -0.2) is 4.39 Å². The maximum Gasteiger partial charge on any atom is 0.238 e. The summed E-state index contributed by atoms with van der Waals surface area (Å²) >= 11 is 0. The number of nitrogens with zero attached hydrogens (tertiary/aromatic N) is 3. The summed E-state index contributed by atoms with van der Waals surface area (Å²) in [5, 5.41) is 15.7. The van der Waals surface area contributed by atoms with Gasteiger partial charge in [0.15, 0.2) is 0 Å². The molecule has 0 spiro atoms. The number of nitrogens with one attached hydrogen (secondary N) is 2. The Balaban J connectivity index is 1.37. The average molecular weight is 414 g/mol. The van der Waals surface area contributed by atoms with Crippen LogP contribution in [0.5, 0.6) is 0 Å². The molecule has 2 aliphatic heterocycles. The van der Waals surface area contributed by atoms with E-state index in [1.807, 2.05) is 6.07 Å². The second kappa shape index (κ2) is 8.91. The normalized spacial score (nSPS) is 29.1. The van der Waals surface area contributed by atoms with E-state index in [-0.39, 0.29) is 24.2 Å². The Kier molecular flexibility index (Phi) is 6.26. The molecule has 2 saturated heterocycles. The zero-order valence-electron chi connectivity index (χ0n) is 17.9. The number of anilines is 1. The number of benzene rings is 1. The van der Waals surface area contributed by atoms with Crippen LogP contribution in [0.15, 0.2) is 18.2 Å². The predicted molar refractivity (Wildman–Crippen MR) is 115 cm³/mol. The molecule has 1 amide bonds. The molecule has 1 aromatic rings. The summed E-state index contributed by atoms with van der Waals surface area (Å²) in [6.07, 6.45) is 5.65. The first-order valence-electron chi connectivity index (χ1n) is 11.1. The molecule has 6 nitrogen and oxygen atoms in total. The van der Waals surface area contributed by atoms with E-state index in [1.54, 1.807) is 12.1 Å². The molecule has 2 heterocycles. The van der Waals surface area contributed by atoms with Gasteiger partial charge in [-0.2, -0.15) is 5.26 Å². The molecule has 2 unspecified atom stereocenters. The monoisotopic (exact) mass is 413 g/mol. The summed E-state index contributed by atoms with van der Waals surface area (Å²) in [5.41, 5.74) is 1.35. The van der Waals surface area contributed by atoms with Gasteiger partial charge in [0, 0.05) is 37.3 Å². The lowest BCUT2D eigenvalue weighted by Gasteiger charge is -2.37. The summed E-state index contributed by atoms with van der Waals surface area (Å²) in [5.74, 6) is -0.0817. The number of halogens is 1. The first kappa shape index (κ1) is 21.1. The van der Waals surface area contributed by atoms with E-state index in [4.69, 9.17) is 0 Å². The van der Waals surface area contributed by atoms with Crippen LogP contribution >= 0.6 is 0 Å². The smallest absolute Gasteiger partial charge is 0.238 e. The van der Waals surface area contributed by atoms with Crippen molar-refractivity contribution in [3.63, 3.8) is 0 Å². The number of piperidine rings is 2. The van der Waals surface area contributed by atoms with Crippen LogP contribution in [-0.2, 0) is 11.2 Å². The minimum atomic E-state index is -0.730. The number of carbonyl (C=O) groups is 1. The lowest BCUT2D eigenvalue weighted by molar-refractivity contribution is -0.124. The maximum absolute atomic E-state index is 14.8. The Bertz CT molecular complexity index is 822. The lowest BCUT2D eigenvalue weighted by Crippen LogP contribution is -2.50. The van der Waals surface area contributed by atoms with Crippen LogP contribution in [0.2, 0.25) is 0 Å². The van der Waals surface area contributed by atoms with Crippen LogP contribution in [0.3, 0.4) is 0 Å². The second-order valence-electron chi connectivity index (χ2n) is 9.29. The number of hydrogen-bond acceptors (Lipinski definition) is 5. The fourth-order valence-corrected chi connectivity index (χ4v) is 5.27. The van der Waals surface area contributed by atoms with Crippen molar-refractivity contribution >= 4 is 11.6 Å². The second-order valence-corrected chi connectivity index (χ2v) is 9.29. The van der Waals surface area contributed by atoms with E-state index in [9.17, 15) is 14.4 Å². The molecule has 3 aliphatic rings. The van der Waals surface area contributed by atoms with E-state index in [0.29, 0.717) is 23.6 Å². The molecule has 162 valence electrons. The summed E-state index contributed by atoms with van der Waals surface area (Å²) in [6.45, 7) is 1.82. The van der Waals surface area contributed by atoms with Crippen molar-refractivity contribution in [2.24, 2.45) is 5.92 Å². The van der Waals surface area contributed by atoms with Crippen molar-refractivity contribution in [3.05, 3.63) is 29.6 Å². The van der Waals surface area contributed by atoms with Crippen LogP contribution in [0.25, 0.3) is 0 Å². The van der Waals surface area contributed by atoms with Crippen LogP contribution < -0.4 is 15.5 Å². The quantitative estimate of drug-likeness (QED) is 0.747. The van der Waals surface area contributed by atoms with Crippen LogP contribution in [0.1, 0.15) is 37.7 Å². The van der Waals surface area contributed by atoms with Gasteiger partial charge in [-0.3, -0.25) is 4.79 Å². The third-order valence-electron chi connectivity index (χ3n) is 7.07. The van der Waals surface area contributed by atoms with E-state index in [1.165, 1.54) is 0 Å². The molecule has 30 heavy (non-hydrogen) atoms. The highest BCUT2D eigenvalue weighted by molar-refractivity contribution is 5.83. The lowest BCUT2D eigenvalue weighted by atomic mass is 9.98. The van der Waals surface area contributed by atoms with Gasteiger partial charge in [-0.1, -0.05) is 6.07 Å². The van der Waals surface area contributed by atoms with Crippen LogP contribution in [0.4, 0.5) is 10.1 Å². The van der Waals surface area contributed by atoms with Gasteiger partial charge in [-0.15, -0.1) is 0 Å². The molecule has 5 atom stereocenters. The van der Waals surface area contributed by atoms with E-state index in [0.717, 1.165) is 50.9 Å². The summed E-state index contributed by atoms with van der Waals surface area (Å²) in [7, 11) is 4.17. The van der Waals surface area contributed by atoms with E-state index >= 15 is 0 Å². The fourth-order valence-electron chi connectivity index (χ4n) is 5.27. The molecule has 2 N–H and O–H groups in total. The number of rotatable bonds is 6. The number of hydrogen-bond donors (Lipinski definition) is 2. The molecule has 7 heteroatoms. The number of amides is 1. The Labute approximate surface area is 178 Å². The van der Waals surface area contributed by atoms with Gasteiger partial charge >= 0.3 is 0 Å².